The molecule has 0 amide bonds. The van der Waals surface area contributed by atoms with Gasteiger partial charge in [0, 0.05) is 38.2 Å². The molecular formula is C51H29N3O2. The molecule has 0 spiro atoms. The van der Waals surface area contributed by atoms with Crippen molar-refractivity contribution < 1.29 is 8.83 Å². The van der Waals surface area contributed by atoms with Crippen LogP contribution in [0.1, 0.15) is 0 Å². The van der Waals surface area contributed by atoms with Crippen molar-refractivity contribution >= 4 is 76.2 Å². The third-order valence-electron chi connectivity index (χ3n) is 11.1. The molecule has 5 heteroatoms. The van der Waals surface area contributed by atoms with Crippen molar-refractivity contribution in [3.63, 3.8) is 0 Å². The van der Waals surface area contributed by atoms with Gasteiger partial charge >= 0.3 is 0 Å². The molecule has 0 aliphatic heterocycles. The summed E-state index contributed by atoms with van der Waals surface area (Å²) in [6, 6.07) is 61.1. The molecular weight excluding hydrogens is 687 g/mol. The fourth-order valence-electron chi connectivity index (χ4n) is 8.51. The first-order valence-corrected chi connectivity index (χ1v) is 18.8. The van der Waals surface area contributed by atoms with Crippen LogP contribution in [0.2, 0.25) is 0 Å². The van der Waals surface area contributed by atoms with Crippen LogP contribution < -0.4 is 0 Å². The summed E-state index contributed by atoms with van der Waals surface area (Å²) in [5.41, 5.74) is 7.86. The predicted octanol–water partition coefficient (Wildman–Crippen LogP) is 13.8. The molecule has 260 valence electrons. The highest BCUT2D eigenvalue weighted by Crippen LogP contribution is 2.42. The number of rotatable bonds is 4. The van der Waals surface area contributed by atoms with E-state index in [0.29, 0.717) is 17.5 Å². The number of furan rings is 2. The zero-order valence-electron chi connectivity index (χ0n) is 29.9. The normalized spacial score (nSPS) is 11.9. The third-order valence-corrected chi connectivity index (χ3v) is 11.1. The second-order valence-electron chi connectivity index (χ2n) is 14.3. The van der Waals surface area contributed by atoms with Crippen molar-refractivity contribution in [3.05, 3.63) is 176 Å². The number of aromatic nitrogens is 3. The quantitative estimate of drug-likeness (QED) is 0.170. The van der Waals surface area contributed by atoms with E-state index < -0.39 is 0 Å². The lowest BCUT2D eigenvalue weighted by atomic mass is 9.92. The molecule has 0 bridgehead atoms. The highest BCUT2D eigenvalue weighted by Gasteiger charge is 2.20. The fourth-order valence-corrected chi connectivity index (χ4v) is 8.51. The number of hydrogen-bond donors (Lipinski definition) is 0. The van der Waals surface area contributed by atoms with Crippen molar-refractivity contribution in [2.45, 2.75) is 0 Å². The van der Waals surface area contributed by atoms with Crippen LogP contribution in [0.5, 0.6) is 0 Å². The Hall–Kier alpha value is -7.63. The standard InChI is InChI=1S/C51H29N3O2/c1-2-12-30(13-3-1)49-52-50(32-25-27-40-39-18-8-9-23-45(39)55-46(40)29-32)54-51(53-49)43-22-11-21-42-41-20-10-19-33(47(41)56-48(42)43)31-24-26-38-36-16-5-4-14-34(36)35-15-6-7-17-37(35)44(38)28-31/h1-29H. The summed E-state index contributed by atoms with van der Waals surface area (Å²) in [7, 11) is 0. The van der Waals surface area contributed by atoms with Crippen LogP contribution in [0.25, 0.3) is 121 Å². The van der Waals surface area contributed by atoms with E-state index in [1.54, 1.807) is 0 Å². The van der Waals surface area contributed by atoms with Crippen LogP contribution >= 0.6 is 0 Å². The SMILES string of the molecule is c1ccc(-c2nc(-c3ccc4c(c3)oc3ccccc34)nc(-c3cccc4c3oc3c(-c5ccc6c7ccccc7c7ccccc7c6c5)cccc34)n2)cc1. The van der Waals surface area contributed by atoms with Crippen molar-refractivity contribution in [1.29, 1.82) is 0 Å². The van der Waals surface area contributed by atoms with Crippen LogP contribution in [0.4, 0.5) is 0 Å². The van der Waals surface area contributed by atoms with E-state index in [1.807, 2.05) is 60.7 Å². The van der Waals surface area contributed by atoms with Gasteiger partial charge in [-0.3, -0.25) is 0 Å². The van der Waals surface area contributed by atoms with Gasteiger partial charge < -0.3 is 8.83 Å². The summed E-state index contributed by atoms with van der Waals surface area (Å²) in [5, 5.41) is 11.6. The second-order valence-corrected chi connectivity index (χ2v) is 14.3. The second kappa shape index (κ2) is 11.9. The first-order chi connectivity index (χ1) is 27.7. The maximum atomic E-state index is 6.96. The zero-order chi connectivity index (χ0) is 36.7. The van der Waals surface area contributed by atoms with Crippen LogP contribution in [-0.2, 0) is 0 Å². The topological polar surface area (TPSA) is 65.0 Å². The highest BCUT2D eigenvalue weighted by molar-refractivity contribution is 6.26. The van der Waals surface area contributed by atoms with Gasteiger partial charge in [-0.15, -0.1) is 0 Å². The molecule has 0 unspecified atom stereocenters. The molecule has 0 N–H and O–H groups in total. The first-order valence-electron chi connectivity index (χ1n) is 18.8. The molecule has 3 aromatic heterocycles. The monoisotopic (exact) mass is 715 g/mol. The van der Waals surface area contributed by atoms with Gasteiger partial charge in [0.1, 0.15) is 22.3 Å². The van der Waals surface area contributed by atoms with Crippen LogP contribution in [0.3, 0.4) is 0 Å². The molecule has 56 heavy (non-hydrogen) atoms. The molecule has 0 saturated heterocycles. The Morgan fingerprint density at radius 1 is 0.268 bits per heavy atom. The van der Waals surface area contributed by atoms with Gasteiger partial charge in [0.2, 0.25) is 0 Å². The van der Waals surface area contributed by atoms with E-state index in [2.05, 4.69) is 115 Å². The number of para-hydroxylation sites is 3. The summed E-state index contributed by atoms with van der Waals surface area (Å²) in [6.45, 7) is 0. The zero-order valence-corrected chi connectivity index (χ0v) is 29.9. The van der Waals surface area contributed by atoms with Gasteiger partial charge in [-0.25, -0.2) is 15.0 Å². The van der Waals surface area contributed by atoms with E-state index in [4.69, 9.17) is 23.8 Å². The van der Waals surface area contributed by atoms with Gasteiger partial charge in [0.25, 0.3) is 0 Å². The average molecular weight is 716 g/mol. The predicted molar refractivity (Wildman–Crippen MR) is 229 cm³/mol. The Morgan fingerprint density at radius 2 is 0.768 bits per heavy atom. The van der Waals surface area contributed by atoms with Gasteiger partial charge in [-0.1, -0.05) is 146 Å². The van der Waals surface area contributed by atoms with E-state index in [1.165, 1.54) is 32.3 Å². The summed E-state index contributed by atoms with van der Waals surface area (Å²) < 4.78 is 13.2. The summed E-state index contributed by atoms with van der Waals surface area (Å²) in [6.07, 6.45) is 0. The van der Waals surface area contributed by atoms with Gasteiger partial charge in [0.05, 0.1) is 5.56 Å². The van der Waals surface area contributed by atoms with Crippen molar-refractivity contribution in [1.82, 2.24) is 15.0 Å². The van der Waals surface area contributed by atoms with Crippen LogP contribution in [0, 0.1) is 0 Å². The lowest BCUT2D eigenvalue weighted by Gasteiger charge is -2.12. The van der Waals surface area contributed by atoms with Crippen molar-refractivity contribution in [2.24, 2.45) is 0 Å². The Labute approximate surface area is 320 Å². The number of nitrogens with zero attached hydrogens (tertiary/aromatic N) is 3. The lowest BCUT2D eigenvalue weighted by Crippen LogP contribution is -2.00. The number of fused-ring (bicyclic) bond motifs is 12. The molecule has 0 saturated carbocycles. The minimum absolute atomic E-state index is 0.536. The summed E-state index contributed by atoms with van der Waals surface area (Å²) >= 11 is 0. The Morgan fingerprint density at radius 3 is 1.50 bits per heavy atom. The van der Waals surface area contributed by atoms with Crippen molar-refractivity contribution in [2.75, 3.05) is 0 Å². The number of benzene rings is 9. The van der Waals surface area contributed by atoms with E-state index in [-0.39, 0.29) is 0 Å². The summed E-state index contributed by atoms with van der Waals surface area (Å²) in [4.78, 5) is 15.2. The van der Waals surface area contributed by atoms with Crippen LogP contribution in [0.15, 0.2) is 185 Å². The molecule has 0 aliphatic rings. The maximum absolute atomic E-state index is 6.96. The van der Waals surface area contributed by atoms with Gasteiger partial charge in [-0.05, 0) is 68.2 Å². The van der Waals surface area contributed by atoms with Crippen molar-refractivity contribution in [3.8, 4) is 45.3 Å². The molecule has 0 fully saturated rings. The molecule has 3 heterocycles. The smallest absolute Gasteiger partial charge is 0.167 e. The Kier molecular flexibility index (Phi) is 6.56. The molecule has 12 aromatic rings. The third kappa shape index (κ3) is 4.64. The van der Waals surface area contributed by atoms with E-state index >= 15 is 0 Å². The molecule has 9 aromatic carbocycles. The minimum atomic E-state index is 0.536. The Balaban J connectivity index is 1.05. The van der Waals surface area contributed by atoms with Gasteiger partial charge in [0.15, 0.2) is 17.5 Å². The molecule has 0 atom stereocenters. The number of hydrogen-bond acceptors (Lipinski definition) is 5. The fraction of sp³-hybridized carbons (Fsp3) is 0. The molecule has 12 rings (SSSR count). The minimum Gasteiger partial charge on any atom is -0.456 e. The first kappa shape index (κ1) is 30.8. The average Bonchev–Trinajstić information content (AvgIpc) is 3.85. The highest BCUT2D eigenvalue weighted by atomic mass is 16.3. The largest absolute Gasteiger partial charge is 0.456 e. The maximum Gasteiger partial charge on any atom is 0.167 e. The van der Waals surface area contributed by atoms with Gasteiger partial charge in [-0.2, -0.15) is 0 Å². The van der Waals surface area contributed by atoms with Crippen LogP contribution in [-0.4, -0.2) is 15.0 Å². The Bertz CT molecular complexity index is 3510. The lowest BCUT2D eigenvalue weighted by molar-refractivity contribution is 0.669. The summed E-state index contributed by atoms with van der Waals surface area (Å²) in [5.74, 6) is 1.68. The van der Waals surface area contributed by atoms with E-state index in [9.17, 15) is 0 Å². The molecule has 0 aliphatic carbocycles. The van der Waals surface area contributed by atoms with E-state index in [0.717, 1.165) is 71.7 Å². The molecule has 0 radical (unpaired) electrons. The molecule has 5 nitrogen and oxygen atoms in total.